The molecule has 0 bridgehead atoms. The zero-order chi connectivity index (χ0) is 11.8. The third-order valence-electron chi connectivity index (χ3n) is 3.46. The molecular formula is C13H16N2OS. The highest BCUT2D eigenvalue weighted by atomic mass is 32.2. The molecule has 1 aliphatic carbocycles. The molecule has 4 heteroatoms. The van der Waals surface area contributed by atoms with Crippen molar-refractivity contribution in [3.05, 3.63) is 17.7 Å². The summed E-state index contributed by atoms with van der Waals surface area (Å²) in [4.78, 5) is 12.4. The van der Waals surface area contributed by atoms with Crippen molar-refractivity contribution < 1.29 is 4.79 Å². The van der Waals surface area contributed by atoms with Crippen LogP contribution in [0.1, 0.15) is 31.2 Å². The Morgan fingerprint density at radius 2 is 2.06 bits per heavy atom. The topological polar surface area (TPSA) is 55.1 Å². The summed E-state index contributed by atoms with van der Waals surface area (Å²) in [5.41, 5.74) is 8.85. The molecule has 2 aliphatic rings. The van der Waals surface area contributed by atoms with E-state index < -0.39 is 0 Å². The van der Waals surface area contributed by atoms with Gasteiger partial charge in [-0.25, -0.2) is 0 Å². The van der Waals surface area contributed by atoms with E-state index in [2.05, 4.69) is 5.32 Å². The molecule has 0 atom stereocenters. The fraction of sp³-hybridized carbons (Fsp3) is 0.462. The molecule has 17 heavy (non-hydrogen) atoms. The van der Waals surface area contributed by atoms with Crippen molar-refractivity contribution >= 4 is 29.0 Å². The van der Waals surface area contributed by atoms with Gasteiger partial charge in [-0.3, -0.25) is 4.79 Å². The van der Waals surface area contributed by atoms with Gasteiger partial charge < -0.3 is 11.1 Å². The summed E-state index contributed by atoms with van der Waals surface area (Å²) in [5.74, 6) is 0.0717. The second-order valence-corrected chi connectivity index (χ2v) is 6.14. The minimum atomic E-state index is 0.0717. The quantitative estimate of drug-likeness (QED) is 0.791. The standard InChI is InChI=1S/C13H16N2OS/c14-10-5-8-6-13(16)15-11(8)7-12(10)17-9-3-1-2-4-9/h5,7,9H,1-4,6,14H2,(H,15,16). The predicted molar refractivity (Wildman–Crippen MR) is 71.3 cm³/mol. The second kappa shape index (κ2) is 4.26. The summed E-state index contributed by atoms with van der Waals surface area (Å²) in [6.07, 6.45) is 5.70. The van der Waals surface area contributed by atoms with Crippen LogP contribution in [0.15, 0.2) is 17.0 Å². The summed E-state index contributed by atoms with van der Waals surface area (Å²) in [7, 11) is 0. The normalized spacial score (nSPS) is 19.4. The maximum Gasteiger partial charge on any atom is 0.228 e. The van der Waals surface area contributed by atoms with Crippen LogP contribution in [0, 0.1) is 0 Å². The number of fused-ring (bicyclic) bond motifs is 1. The zero-order valence-electron chi connectivity index (χ0n) is 9.66. The van der Waals surface area contributed by atoms with Crippen LogP contribution in [0.4, 0.5) is 11.4 Å². The van der Waals surface area contributed by atoms with Crippen molar-refractivity contribution in [2.45, 2.75) is 42.2 Å². The van der Waals surface area contributed by atoms with E-state index in [4.69, 9.17) is 5.73 Å². The highest BCUT2D eigenvalue weighted by molar-refractivity contribution is 8.00. The molecule has 0 unspecified atom stereocenters. The summed E-state index contributed by atoms with van der Waals surface area (Å²) in [5, 5.41) is 3.58. The third-order valence-corrected chi connectivity index (χ3v) is 4.87. The average molecular weight is 248 g/mol. The van der Waals surface area contributed by atoms with Crippen LogP contribution < -0.4 is 11.1 Å². The van der Waals surface area contributed by atoms with Crippen LogP contribution in [-0.2, 0) is 11.2 Å². The minimum absolute atomic E-state index is 0.0717. The van der Waals surface area contributed by atoms with Gasteiger partial charge in [0.05, 0.1) is 6.42 Å². The van der Waals surface area contributed by atoms with Crippen LogP contribution in [0.25, 0.3) is 0 Å². The maximum absolute atomic E-state index is 11.3. The van der Waals surface area contributed by atoms with Crippen molar-refractivity contribution in [3.63, 3.8) is 0 Å². The molecule has 0 aromatic heterocycles. The van der Waals surface area contributed by atoms with Gasteiger partial charge in [0, 0.05) is 21.5 Å². The van der Waals surface area contributed by atoms with Gasteiger partial charge in [0.1, 0.15) is 0 Å². The molecular weight excluding hydrogens is 232 g/mol. The smallest absolute Gasteiger partial charge is 0.228 e. The number of benzene rings is 1. The molecule has 0 spiro atoms. The molecule has 1 aromatic carbocycles. The molecule has 1 aromatic rings. The first kappa shape index (κ1) is 11.0. The molecule has 1 amide bonds. The molecule has 3 N–H and O–H groups in total. The third kappa shape index (κ3) is 2.14. The Balaban J connectivity index is 1.85. The number of thioether (sulfide) groups is 1. The Labute approximate surface area is 105 Å². The lowest BCUT2D eigenvalue weighted by Crippen LogP contribution is -2.03. The number of carbonyl (C=O) groups is 1. The molecule has 90 valence electrons. The first-order valence-electron chi connectivity index (χ1n) is 6.11. The fourth-order valence-electron chi connectivity index (χ4n) is 2.56. The van der Waals surface area contributed by atoms with Gasteiger partial charge >= 0.3 is 0 Å². The number of anilines is 2. The van der Waals surface area contributed by atoms with Crippen molar-refractivity contribution in [2.24, 2.45) is 0 Å². The van der Waals surface area contributed by atoms with E-state index in [9.17, 15) is 4.79 Å². The first-order valence-corrected chi connectivity index (χ1v) is 6.99. The lowest BCUT2D eigenvalue weighted by molar-refractivity contribution is -0.115. The van der Waals surface area contributed by atoms with Crippen molar-refractivity contribution in [1.82, 2.24) is 0 Å². The van der Waals surface area contributed by atoms with Crippen molar-refractivity contribution in [2.75, 3.05) is 11.1 Å². The van der Waals surface area contributed by atoms with E-state index >= 15 is 0 Å². The molecule has 1 saturated carbocycles. The number of nitrogens with two attached hydrogens (primary N) is 1. The van der Waals surface area contributed by atoms with Gasteiger partial charge in [-0.1, -0.05) is 12.8 Å². The number of amides is 1. The molecule has 1 aliphatic heterocycles. The number of hydrogen-bond donors (Lipinski definition) is 2. The second-order valence-electron chi connectivity index (χ2n) is 4.80. The lowest BCUT2D eigenvalue weighted by atomic mass is 10.1. The lowest BCUT2D eigenvalue weighted by Gasteiger charge is -2.12. The van der Waals surface area contributed by atoms with E-state index in [0.717, 1.165) is 21.8 Å². The largest absolute Gasteiger partial charge is 0.398 e. The highest BCUT2D eigenvalue weighted by Crippen LogP contribution is 2.40. The Hall–Kier alpha value is -1.16. The Kier molecular flexibility index (Phi) is 2.74. The highest BCUT2D eigenvalue weighted by Gasteiger charge is 2.22. The summed E-state index contributed by atoms with van der Waals surface area (Å²) >= 11 is 1.87. The summed E-state index contributed by atoms with van der Waals surface area (Å²) in [6, 6.07) is 3.99. The Morgan fingerprint density at radius 1 is 1.29 bits per heavy atom. The van der Waals surface area contributed by atoms with E-state index in [-0.39, 0.29) is 5.91 Å². The number of nitrogen functional groups attached to an aromatic ring is 1. The number of rotatable bonds is 2. The maximum atomic E-state index is 11.3. The molecule has 0 radical (unpaired) electrons. The predicted octanol–water partition coefficient (Wildman–Crippen LogP) is 2.80. The van der Waals surface area contributed by atoms with Gasteiger partial charge in [-0.15, -0.1) is 11.8 Å². The fourth-order valence-corrected chi connectivity index (χ4v) is 3.87. The first-order chi connectivity index (χ1) is 8.22. The molecule has 1 heterocycles. The SMILES string of the molecule is Nc1cc2c(cc1SC1CCCC1)NC(=O)C2. The van der Waals surface area contributed by atoms with Crippen LogP contribution >= 0.6 is 11.8 Å². The number of hydrogen-bond acceptors (Lipinski definition) is 3. The van der Waals surface area contributed by atoms with Crippen molar-refractivity contribution in [1.29, 1.82) is 0 Å². The van der Waals surface area contributed by atoms with Crippen LogP contribution in [0.2, 0.25) is 0 Å². The van der Waals surface area contributed by atoms with Crippen LogP contribution in [0.3, 0.4) is 0 Å². The zero-order valence-corrected chi connectivity index (χ0v) is 10.5. The van der Waals surface area contributed by atoms with Gasteiger partial charge in [-0.05, 0) is 30.5 Å². The molecule has 1 fully saturated rings. The minimum Gasteiger partial charge on any atom is -0.398 e. The van der Waals surface area contributed by atoms with Gasteiger partial charge in [0.2, 0.25) is 5.91 Å². The number of nitrogens with one attached hydrogen (secondary N) is 1. The average Bonchev–Trinajstić information content (AvgIpc) is 2.87. The van der Waals surface area contributed by atoms with E-state index in [0.29, 0.717) is 11.7 Å². The van der Waals surface area contributed by atoms with Gasteiger partial charge in [0.15, 0.2) is 0 Å². The van der Waals surface area contributed by atoms with Crippen molar-refractivity contribution in [3.8, 4) is 0 Å². The van der Waals surface area contributed by atoms with Crippen LogP contribution in [0.5, 0.6) is 0 Å². The van der Waals surface area contributed by atoms with Gasteiger partial charge in [-0.2, -0.15) is 0 Å². The summed E-state index contributed by atoms with van der Waals surface area (Å²) in [6.45, 7) is 0. The molecule has 3 nitrogen and oxygen atoms in total. The van der Waals surface area contributed by atoms with Gasteiger partial charge in [0.25, 0.3) is 0 Å². The Bertz CT molecular complexity index is 467. The van der Waals surface area contributed by atoms with Crippen LogP contribution in [-0.4, -0.2) is 11.2 Å². The van der Waals surface area contributed by atoms with E-state index in [1.165, 1.54) is 25.7 Å². The van der Waals surface area contributed by atoms with E-state index in [1.54, 1.807) is 0 Å². The Morgan fingerprint density at radius 3 is 2.82 bits per heavy atom. The number of carbonyl (C=O) groups excluding carboxylic acids is 1. The summed E-state index contributed by atoms with van der Waals surface area (Å²) < 4.78 is 0. The van der Waals surface area contributed by atoms with E-state index in [1.807, 2.05) is 23.9 Å². The monoisotopic (exact) mass is 248 g/mol. The molecule has 3 rings (SSSR count). The molecule has 0 saturated heterocycles.